The first-order chi connectivity index (χ1) is 7.52. The molecule has 16 heavy (non-hydrogen) atoms. The molecule has 5 nitrogen and oxygen atoms in total. The van der Waals surface area contributed by atoms with Crippen molar-refractivity contribution in [3.8, 4) is 0 Å². The van der Waals surface area contributed by atoms with E-state index in [0.717, 1.165) is 0 Å². The Kier molecular flexibility index (Phi) is 7.20. The van der Waals surface area contributed by atoms with Crippen LogP contribution in [0.15, 0.2) is 12.2 Å². The largest absolute Gasteiger partial charge is 0.465 e. The van der Waals surface area contributed by atoms with E-state index in [0.29, 0.717) is 13.2 Å². The van der Waals surface area contributed by atoms with Gasteiger partial charge in [-0.1, -0.05) is 6.58 Å². The minimum Gasteiger partial charge on any atom is -0.465 e. The lowest BCUT2D eigenvalue weighted by Crippen LogP contribution is -2.37. The van der Waals surface area contributed by atoms with Crippen LogP contribution >= 0.6 is 0 Å². The highest BCUT2D eigenvalue weighted by Gasteiger charge is 2.15. The van der Waals surface area contributed by atoms with Gasteiger partial charge in [-0.25, -0.2) is 4.79 Å². The summed E-state index contributed by atoms with van der Waals surface area (Å²) in [6.45, 7) is 9.54. The van der Waals surface area contributed by atoms with Crippen LogP contribution in [-0.2, 0) is 19.1 Å². The van der Waals surface area contributed by atoms with Gasteiger partial charge in [-0.15, -0.1) is 0 Å². The van der Waals surface area contributed by atoms with E-state index in [4.69, 9.17) is 9.47 Å². The van der Waals surface area contributed by atoms with E-state index in [1.54, 1.807) is 20.8 Å². The van der Waals surface area contributed by atoms with E-state index < -0.39 is 12.0 Å². The fourth-order valence-corrected chi connectivity index (χ4v) is 0.932. The van der Waals surface area contributed by atoms with Gasteiger partial charge in [0.05, 0.1) is 13.2 Å². The van der Waals surface area contributed by atoms with Crippen molar-refractivity contribution < 1.29 is 19.1 Å². The number of carbonyl (C=O) groups is 2. The van der Waals surface area contributed by atoms with Crippen LogP contribution in [0.5, 0.6) is 0 Å². The molecule has 0 aromatic rings. The molecule has 0 saturated carbocycles. The van der Waals surface area contributed by atoms with Crippen molar-refractivity contribution in [2.24, 2.45) is 0 Å². The van der Waals surface area contributed by atoms with Crippen molar-refractivity contribution in [2.75, 3.05) is 19.8 Å². The number of esters is 2. The lowest BCUT2D eigenvalue weighted by molar-refractivity contribution is -0.145. The van der Waals surface area contributed by atoms with Crippen molar-refractivity contribution in [3.63, 3.8) is 0 Å². The quantitative estimate of drug-likeness (QED) is 0.513. The number of rotatable bonds is 7. The number of ether oxygens (including phenoxy) is 2. The Morgan fingerprint density at radius 2 is 1.81 bits per heavy atom. The van der Waals surface area contributed by atoms with Gasteiger partial charge in [0.15, 0.2) is 0 Å². The Labute approximate surface area is 95.8 Å². The van der Waals surface area contributed by atoms with Crippen LogP contribution in [0.25, 0.3) is 0 Å². The third kappa shape index (κ3) is 5.50. The Balaban J connectivity index is 3.91. The predicted octanol–water partition coefficient (Wildman–Crippen LogP) is 0.647. The summed E-state index contributed by atoms with van der Waals surface area (Å²) in [5.41, 5.74) is 0.290. The maximum absolute atomic E-state index is 11.2. The average Bonchev–Trinajstić information content (AvgIpc) is 2.25. The van der Waals surface area contributed by atoms with Crippen molar-refractivity contribution in [1.29, 1.82) is 0 Å². The Bertz CT molecular complexity index is 263. The maximum atomic E-state index is 11.2. The first-order valence-corrected chi connectivity index (χ1v) is 5.27. The average molecular weight is 229 g/mol. The molecular formula is C11H19NO4. The topological polar surface area (TPSA) is 64.6 Å². The lowest BCUT2D eigenvalue weighted by Gasteiger charge is -2.13. The molecule has 0 spiro atoms. The third-order valence-corrected chi connectivity index (χ3v) is 1.83. The summed E-state index contributed by atoms with van der Waals surface area (Å²) in [5.74, 6) is -0.801. The van der Waals surface area contributed by atoms with Crippen LogP contribution in [0.2, 0.25) is 0 Å². The summed E-state index contributed by atoms with van der Waals surface area (Å²) in [5, 5.41) is 2.83. The molecule has 5 heteroatoms. The van der Waals surface area contributed by atoms with Gasteiger partial charge in [-0.3, -0.25) is 4.79 Å². The van der Waals surface area contributed by atoms with E-state index in [1.165, 1.54) is 0 Å². The van der Waals surface area contributed by atoms with Crippen molar-refractivity contribution >= 4 is 11.9 Å². The SMILES string of the molecule is C=C(CNC(C)C(=O)OCC)C(=O)OCC. The molecule has 1 N–H and O–H groups in total. The van der Waals surface area contributed by atoms with Gasteiger partial charge in [0, 0.05) is 12.1 Å². The number of hydrogen-bond donors (Lipinski definition) is 1. The van der Waals surface area contributed by atoms with Crippen molar-refractivity contribution in [3.05, 3.63) is 12.2 Å². The monoisotopic (exact) mass is 229 g/mol. The number of nitrogens with one attached hydrogen (secondary N) is 1. The fraction of sp³-hybridized carbons (Fsp3) is 0.636. The van der Waals surface area contributed by atoms with E-state index in [-0.39, 0.29) is 18.1 Å². The second-order valence-corrected chi connectivity index (χ2v) is 3.18. The molecule has 0 radical (unpaired) electrons. The van der Waals surface area contributed by atoms with Gasteiger partial charge < -0.3 is 14.8 Å². The molecule has 1 unspecified atom stereocenters. The van der Waals surface area contributed by atoms with Crippen molar-refractivity contribution in [1.82, 2.24) is 5.32 Å². The number of hydrogen-bond acceptors (Lipinski definition) is 5. The highest BCUT2D eigenvalue weighted by Crippen LogP contribution is 1.95. The molecular weight excluding hydrogens is 210 g/mol. The van der Waals surface area contributed by atoms with Crippen molar-refractivity contribution in [2.45, 2.75) is 26.8 Å². The molecule has 0 fully saturated rings. The summed E-state index contributed by atoms with van der Waals surface area (Å²) in [4.78, 5) is 22.4. The molecule has 0 aromatic heterocycles. The fourth-order valence-electron chi connectivity index (χ4n) is 0.932. The van der Waals surface area contributed by atoms with Crippen LogP contribution in [0.3, 0.4) is 0 Å². The first-order valence-electron chi connectivity index (χ1n) is 5.27. The van der Waals surface area contributed by atoms with E-state index in [2.05, 4.69) is 11.9 Å². The highest BCUT2D eigenvalue weighted by molar-refractivity contribution is 5.88. The normalized spacial score (nSPS) is 11.7. The molecule has 0 bridgehead atoms. The van der Waals surface area contributed by atoms with Crippen LogP contribution < -0.4 is 5.32 Å². The first kappa shape index (κ1) is 14.6. The van der Waals surface area contributed by atoms with Gasteiger partial charge in [0.25, 0.3) is 0 Å². The van der Waals surface area contributed by atoms with Crippen LogP contribution in [0.4, 0.5) is 0 Å². The summed E-state index contributed by atoms with van der Waals surface area (Å²) in [7, 11) is 0. The van der Waals surface area contributed by atoms with Crippen LogP contribution in [0.1, 0.15) is 20.8 Å². The minimum atomic E-state index is -0.467. The van der Waals surface area contributed by atoms with Gasteiger partial charge in [-0.05, 0) is 20.8 Å². The number of carbonyl (C=O) groups excluding carboxylic acids is 2. The van der Waals surface area contributed by atoms with E-state index in [1.807, 2.05) is 0 Å². The molecule has 0 saturated heterocycles. The Morgan fingerprint density at radius 3 is 2.31 bits per heavy atom. The van der Waals surface area contributed by atoms with Gasteiger partial charge in [0.1, 0.15) is 6.04 Å². The zero-order chi connectivity index (χ0) is 12.6. The summed E-state index contributed by atoms with van der Waals surface area (Å²) < 4.78 is 9.55. The van der Waals surface area contributed by atoms with E-state index in [9.17, 15) is 9.59 Å². The smallest absolute Gasteiger partial charge is 0.334 e. The zero-order valence-electron chi connectivity index (χ0n) is 10.0. The predicted molar refractivity (Wildman–Crippen MR) is 59.9 cm³/mol. The van der Waals surface area contributed by atoms with Gasteiger partial charge in [-0.2, -0.15) is 0 Å². The zero-order valence-corrected chi connectivity index (χ0v) is 10.0. The Hall–Kier alpha value is -1.36. The summed E-state index contributed by atoms with van der Waals surface area (Å²) in [6.07, 6.45) is 0. The molecule has 0 aromatic carbocycles. The molecule has 0 aliphatic rings. The molecule has 0 aliphatic carbocycles. The lowest BCUT2D eigenvalue weighted by atomic mass is 10.2. The second kappa shape index (κ2) is 7.87. The molecule has 92 valence electrons. The van der Waals surface area contributed by atoms with Gasteiger partial charge >= 0.3 is 11.9 Å². The third-order valence-electron chi connectivity index (χ3n) is 1.83. The van der Waals surface area contributed by atoms with Crippen LogP contribution in [0, 0.1) is 0 Å². The molecule has 0 rings (SSSR count). The standard InChI is InChI=1S/C11H19NO4/c1-5-15-10(13)8(3)7-12-9(4)11(14)16-6-2/h9,12H,3,5-7H2,1-2,4H3. The maximum Gasteiger partial charge on any atom is 0.334 e. The van der Waals surface area contributed by atoms with Gasteiger partial charge in [0.2, 0.25) is 0 Å². The molecule has 0 aliphatic heterocycles. The highest BCUT2D eigenvalue weighted by atomic mass is 16.5. The summed E-state index contributed by atoms with van der Waals surface area (Å²) >= 11 is 0. The minimum absolute atomic E-state index is 0.207. The summed E-state index contributed by atoms with van der Waals surface area (Å²) in [6, 6.07) is -0.467. The van der Waals surface area contributed by atoms with E-state index >= 15 is 0 Å². The molecule has 0 heterocycles. The molecule has 1 atom stereocenters. The second-order valence-electron chi connectivity index (χ2n) is 3.18. The Morgan fingerprint density at radius 1 is 1.25 bits per heavy atom. The van der Waals surface area contributed by atoms with Crippen LogP contribution in [-0.4, -0.2) is 37.7 Å². The molecule has 0 amide bonds.